The van der Waals surface area contributed by atoms with Gasteiger partial charge in [-0.2, -0.15) is 5.26 Å². The van der Waals surface area contributed by atoms with E-state index in [4.69, 9.17) is 24.7 Å². The van der Waals surface area contributed by atoms with E-state index in [1.54, 1.807) is 7.11 Å². The predicted molar refractivity (Wildman–Crippen MR) is 126 cm³/mol. The second kappa shape index (κ2) is 9.52. The molecule has 2 N–H and O–H groups in total. The molecule has 2 aromatic rings. The van der Waals surface area contributed by atoms with Crippen molar-refractivity contribution >= 4 is 5.78 Å². The Morgan fingerprint density at radius 2 is 1.74 bits per heavy atom. The molecule has 0 fully saturated rings. The fourth-order valence-electron chi connectivity index (χ4n) is 4.42. The highest BCUT2D eigenvalue weighted by Gasteiger charge is 2.42. The highest BCUT2D eigenvalue weighted by atomic mass is 16.5. The molecule has 4 rings (SSSR count). The summed E-state index contributed by atoms with van der Waals surface area (Å²) in [7, 11) is 1.60. The van der Waals surface area contributed by atoms with E-state index in [0.29, 0.717) is 54.6 Å². The lowest BCUT2D eigenvalue weighted by atomic mass is 9.70. The van der Waals surface area contributed by atoms with Crippen LogP contribution in [0.25, 0.3) is 0 Å². The van der Waals surface area contributed by atoms with Crippen LogP contribution in [0.3, 0.4) is 0 Å². The van der Waals surface area contributed by atoms with E-state index >= 15 is 0 Å². The molecule has 7 nitrogen and oxygen atoms in total. The van der Waals surface area contributed by atoms with E-state index in [0.717, 1.165) is 5.56 Å². The Balaban J connectivity index is 1.47. The molecule has 0 aromatic heterocycles. The number of nitrogens with two attached hydrogens (primary N) is 1. The Morgan fingerprint density at radius 1 is 1.06 bits per heavy atom. The van der Waals surface area contributed by atoms with Crippen molar-refractivity contribution in [2.75, 3.05) is 20.3 Å². The number of carbonyl (C=O) groups is 1. The fourth-order valence-corrected chi connectivity index (χ4v) is 4.42. The predicted octanol–water partition coefficient (Wildman–Crippen LogP) is 4.60. The maximum absolute atomic E-state index is 13.0. The molecule has 0 saturated carbocycles. The number of para-hydroxylation sites is 2. The van der Waals surface area contributed by atoms with Crippen molar-refractivity contribution in [3.05, 3.63) is 76.9 Å². The first-order chi connectivity index (χ1) is 16.3. The number of benzene rings is 2. The van der Waals surface area contributed by atoms with Crippen LogP contribution >= 0.6 is 0 Å². The monoisotopic (exact) mass is 460 g/mol. The summed E-state index contributed by atoms with van der Waals surface area (Å²) in [6, 6.07) is 16.9. The van der Waals surface area contributed by atoms with Crippen LogP contribution in [0.1, 0.15) is 38.2 Å². The Labute approximate surface area is 199 Å². The second-order valence-electron chi connectivity index (χ2n) is 9.12. The first-order valence-electron chi connectivity index (χ1n) is 11.2. The lowest BCUT2D eigenvalue weighted by Gasteiger charge is -2.37. The van der Waals surface area contributed by atoms with Crippen molar-refractivity contribution in [3.8, 4) is 23.3 Å². The highest BCUT2D eigenvalue weighted by Crippen LogP contribution is 2.47. The number of hydrogen-bond donors (Lipinski definition) is 1. The lowest BCUT2D eigenvalue weighted by molar-refractivity contribution is -0.119. The Kier molecular flexibility index (Phi) is 6.51. The molecule has 2 aromatic carbocycles. The SMILES string of the molecule is COc1ccccc1OCCOc1ccc(C2C(C#N)=C(N)OC3=C2C(=O)CC(C)(C)C3)cc1. The van der Waals surface area contributed by atoms with E-state index in [2.05, 4.69) is 6.07 Å². The topological polar surface area (TPSA) is 104 Å². The average molecular weight is 461 g/mol. The van der Waals surface area contributed by atoms with Crippen molar-refractivity contribution in [3.63, 3.8) is 0 Å². The number of carbonyl (C=O) groups excluding carboxylic acids is 1. The molecule has 34 heavy (non-hydrogen) atoms. The van der Waals surface area contributed by atoms with Crippen LogP contribution in [0, 0.1) is 16.7 Å². The molecule has 1 unspecified atom stereocenters. The molecule has 0 saturated heterocycles. The quantitative estimate of drug-likeness (QED) is 0.602. The van der Waals surface area contributed by atoms with Gasteiger partial charge in [0, 0.05) is 18.4 Å². The van der Waals surface area contributed by atoms with Crippen molar-refractivity contribution < 1.29 is 23.7 Å². The van der Waals surface area contributed by atoms with Gasteiger partial charge < -0.3 is 24.7 Å². The number of hydrogen-bond acceptors (Lipinski definition) is 7. The molecule has 2 aliphatic rings. The lowest BCUT2D eigenvalue weighted by Crippen LogP contribution is -2.33. The molecule has 1 heterocycles. The van der Waals surface area contributed by atoms with E-state index in [-0.39, 0.29) is 22.7 Å². The zero-order valence-corrected chi connectivity index (χ0v) is 19.6. The standard InChI is InChI=1S/C27H28N2O5/c1-27(2)14-20(30)25-23(15-27)34-26(29)19(16-28)24(25)17-8-10-18(11-9-17)32-12-13-33-22-7-5-4-6-21(22)31-3/h4-11,24H,12-15,29H2,1-3H3. The van der Waals surface area contributed by atoms with Gasteiger partial charge in [0.05, 0.1) is 13.0 Å². The summed E-state index contributed by atoms with van der Waals surface area (Å²) in [6.07, 6.45) is 0.995. The Hall–Kier alpha value is -3.92. The van der Waals surface area contributed by atoms with E-state index < -0.39 is 5.92 Å². The third-order valence-electron chi connectivity index (χ3n) is 5.97. The van der Waals surface area contributed by atoms with Gasteiger partial charge in [0.25, 0.3) is 0 Å². The summed E-state index contributed by atoms with van der Waals surface area (Å²) in [5.74, 6) is 2.05. The number of allylic oxidation sites excluding steroid dienone is 3. The van der Waals surface area contributed by atoms with Crippen molar-refractivity contribution in [2.24, 2.45) is 11.1 Å². The molecule has 1 atom stereocenters. The number of nitrogens with zero attached hydrogens (tertiary/aromatic N) is 1. The Morgan fingerprint density at radius 3 is 2.41 bits per heavy atom. The first kappa shape index (κ1) is 23.2. The summed E-state index contributed by atoms with van der Waals surface area (Å²) >= 11 is 0. The van der Waals surface area contributed by atoms with Gasteiger partial charge in [-0.3, -0.25) is 4.79 Å². The van der Waals surface area contributed by atoms with Crippen LogP contribution in [0.2, 0.25) is 0 Å². The third-order valence-corrected chi connectivity index (χ3v) is 5.97. The van der Waals surface area contributed by atoms with Crippen LogP contribution in [0.4, 0.5) is 0 Å². The van der Waals surface area contributed by atoms with Crippen molar-refractivity contribution in [1.29, 1.82) is 5.26 Å². The van der Waals surface area contributed by atoms with Gasteiger partial charge in [-0.05, 0) is 35.2 Å². The van der Waals surface area contributed by atoms with Crippen LogP contribution in [0.15, 0.2) is 71.3 Å². The van der Waals surface area contributed by atoms with Crippen molar-refractivity contribution in [2.45, 2.75) is 32.6 Å². The average Bonchev–Trinajstić information content (AvgIpc) is 2.81. The van der Waals surface area contributed by atoms with E-state index in [9.17, 15) is 10.1 Å². The number of nitriles is 1. The number of rotatable bonds is 7. The largest absolute Gasteiger partial charge is 0.493 e. The number of ketones is 1. The number of Topliss-reactive ketones (excluding diaryl/α,β-unsaturated/α-hetero) is 1. The summed E-state index contributed by atoms with van der Waals surface area (Å²) < 4.78 is 22.6. The molecule has 1 aliphatic carbocycles. The zero-order chi connectivity index (χ0) is 24.3. The molecule has 0 spiro atoms. The number of methoxy groups -OCH3 is 1. The summed E-state index contributed by atoms with van der Waals surface area (Å²) in [6.45, 7) is 4.74. The maximum atomic E-state index is 13.0. The van der Waals surface area contributed by atoms with Crippen molar-refractivity contribution in [1.82, 2.24) is 0 Å². The van der Waals surface area contributed by atoms with Gasteiger partial charge in [-0.15, -0.1) is 0 Å². The maximum Gasteiger partial charge on any atom is 0.205 e. The zero-order valence-electron chi connectivity index (χ0n) is 19.6. The van der Waals surface area contributed by atoms with Gasteiger partial charge in [0.2, 0.25) is 5.88 Å². The molecule has 176 valence electrons. The van der Waals surface area contributed by atoms with Crippen LogP contribution in [0.5, 0.6) is 17.2 Å². The fraction of sp³-hybridized carbons (Fsp3) is 0.333. The van der Waals surface area contributed by atoms with E-state index in [1.165, 1.54) is 0 Å². The molecular weight excluding hydrogens is 432 g/mol. The summed E-state index contributed by atoms with van der Waals surface area (Å²) in [4.78, 5) is 13.0. The Bertz CT molecular complexity index is 1190. The van der Waals surface area contributed by atoms with Gasteiger partial charge in [0.15, 0.2) is 17.3 Å². The number of ether oxygens (including phenoxy) is 4. The summed E-state index contributed by atoms with van der Waals surface area (Å²) in [5.41, 5.74) is 7.45. The van der Waals surface area contributed by atoms with Crippen LogP contribution < -0.4 is 19.9 Å². The molecule has 0 bridgehead atoms. The summed E-state index contributed by atoms with van der Waals surface area (Å²) in [5, 5.41) is 9.75. The van der Waals surface area contributed by atoms with Crippen LogP contribution in [-0.4, -0.2) is 26.1 Å². The third kappa shape index (κ3) is 4.72. The van der Waals surface area contributed by atoms with Crippen LogP contribution in [-0.2, 0) is 9.53 Å². The van der Waals surface area contributed by atoms with Gasteiger partial charge in [0.1, 0.15) is 36.4 Å². The second-order valence-corrected chi connectivity index (χ2v) is 9.12. The van der Waals surface area contributed by atoms with Gasteiger partial charge in [-0.1, -0.05) is 38.1 Å². The molecule has 1 aliphatic heterocycles. The minimum absolute atomic E-state index is 0.00897. The van der Waals surface area contributed by atoms with Gasteiger partial charge in [-0.25, -0.2) is 0 Å². The van der Waals surface area contributed by atoms with Gasteiger partial charge >= 0.3 is 0 Å². The highest BCUT2D eigenvalue weighted by molar-refractivity contribution is 6.00. The molecule has 0 radical (unpaired) electrons. The smallest absolute Gasteiger partial charge is 0.205 e. The normalized spacial score (nSPS) is 19.1. The minimum atomic E-state index is -0.541. The molecular formula is C27H28N2O5. The molecule has 7 heteroatoms. The molecule has 0 amide bonds. The first-order valence-corrected chi connectivity index (χ1v) is 11.2. The minimum Gasteiger partial charge on any atom is -0.493 e. The van der Waals surface area contributed by atoms with E-state index in [1.807, 2.05) is 62.4 Å².